The van der Waals surface area contributed by atoms with Crippen molar-refractivity contribution in [2.75, 3.05) is 0 Å². The molecule has 0 saturated carbocycles. The van der Waals surface area contributed by atoms with Gasteiger partial charge in [-0.2, -0.15) is 0 Å². The van der Waals surface area contributed by atoms with Crippen molar-refractivity contribution in [3.05, 3.63) is 0 Å². The van der Waals surface area contributed by atoms with Crippen LogP contribution in [0.2, 0.25) is 0 Å². The molecule has 2 N–H and O–H groups in total. The third-order valence-electron chi connectivity index (χ3n) is 1.22. The SMILES string of the molecule is CCC(=N)N[C@@H](C)CC=O. The van der Waals surface area contributed by atoms with Crippen molar-refractivity contribution < 1.29 is 4.79 Å². The molecule has 0 aromatic rings. The van der Waals surface area contributed by atoms with Gasteiger partial charge in [-0.15, -0.1) is 0 Å². The smallest absolute Gasteiger partial charge is 0.122 e. The molecule has 0 saturated heterocycles. The maximum absolute atomic E-state index is 9.97. The predicted octanol–water partition coefficient (Wildman–Crippen LogP) is 0.941. The lowest BCUT2D eigenvalue weighted by molar-refractivity contribution is -0.108. The molecule has 0 fully saturated rings. The average Bonchev–Trinajstić information content (AvgIpc) is 1.88. The minimum atomic E-state index is 0.102. The van der Waals surface area contributed by atoms with Crippen LogP contribution in [0, 0.1) is 5.41 Å². The van der Waals surface area contributed by atoms with Crippen molar-refractivity contribution in [3.8, 4) is 0 Å². The van der Waals surface area contributed by atoms with Crippen LogP contribution in [0.15, 0.2) is 0 Å². The first-order valence-corrected chi connectivity index (χ1v) is 3.48. The third kappa shape index (κ3) is 4.06. The van der Waals surface area contributed by atoms with Crippen LogP contribution in [-0.4, -0.2) is 18.2 Å². The molecule has 0 bridgehead atoms. The molecule has 0 rings (SSSR count). The highest BCUT2D eigenvalue weighted by atomic mass is 16.1. The van der Waals surface area contributed by atoms with E-state index in [1.165, 1.54) is 0 Å². The Morgan fingerprint density at radius 1 is 1.80 bits per heavy atom. The Morgan fingerprint density at radius 3 is 2.80 bits per heavy atom. The quantitative estimate of drug-likeness (QED) is 0.348. The van der Waals surface area contributed by atoms with Gasteiger partial charge in [-0.05, 0) is 6.92 Å². The van der Waals surface area contributed by atoms with Crippen molar-refractivity contribution in [2.24, 2.45) is 0 Å². The van der Waals surface area contributed by atoms with Crippen LogP contribution in [0.5, 0.6) is 0 Å². The van der Waals surface area contributed by atoms with Gasteiger partial charge in [0.25, 0.3) is 0 Å². The second-order valence-electron chi connectivity index (χ2n) is 2.28. The summed E-state index contributed by atoms with van der Waals surface area (Å²) in [6.07, 6.45) is 2.03. The maximum Gasteiger partial charge on any atom is 0.122 e. The lowest BCUT2D eigenvalue weighted by atomic mass is 10.2. The van der Waals surface area contributed by atoms with Gasteiger partial charge < -0.3 is 10.1 Å². The number of amidine groups is 1. The summed E-state index contributed by atoms with van der Waals surface area (Å²) in [5.41, 5.74) is 0. The number of hydrogen-bond acceptors (Lipinski definition) is 2. The highest BCUT2D eigenvalue weighted by Crippen LogP contribution is 1.87. The molecule has 0 unspecified atom stereocenters. The van der Waals surface area contributed by atoms with E-state index in [9.17, 15) is 4.79 Å². The van der Waals surface area contributed by atoms with Gasteiger partial charge in [0.05, 0.1) is 5.84 Å². The molecule has 1 atom stereocenters. The molecule has 3 nitrogen and oxygen atoms in total. The Kier molecular flexibility index (Phi) is 4.54. The molecule has 0 amide bonds. The van der Waals surface area contributed by atoms with Crippen molar-refractivity contribution >= 4 is 12.1 Å². The zero-order valence-electron chi connectivity index (χ0n) is 6.48. The van der Waals surface area contributed by atoms with E-state index in [2.05, 4.69) is 5.32 Å². The molecule has 0 aliphatic carbocycles. The standard InChI is InChI=1S/C7H14N2O/c1-3-7(8)9-6(2)4-5-10/h5-6H,3-4H2,1-2H3,(H2,8,9)/t6-/m0/s1. The molecular weight excluding hydrogens is 128 g/mol. The third-order valence-corrected chi connectivity index (χ3v) is 1.22. The summed E-state index contributed by atoms with van der Waals surface area (Å²) < 4.78 is 0. The highest BCUT2D eigenvalue weighted by Gasteiger charge is 1.99. The van der Waals surface area contributed by atoms with Crippen molar-refractivity contribution in [3.63, 3.8) is 0 Å². The maximum atomic E-state index is 9.97. The lowest BCUT2D eigenvalue weighted by Crippen LogP contribution is -2.31. The molecule has 0 radical (unpaired) electrons. The number of carbonyl (C=O) groups is 1. The fraction of sp³-hybridized carbons (Fsp3) is 0.714. The lowest BCUT2D eigenvalue weighted by Gasteiger charge is -2.10. The van der Waals surface area contributed by atoms with Gasteiger partial charge in [-0.1, -0.05) is 6.92 Å². The fourth-order valence-corrected chi connectivity index (χ4v) is 0.603. The van der Waals surface area contributed by atoms with Gasteiger partial charge in [-0.3, -0.25) is 5.41 Å². The van der Waals surface area contributed by atoms with Crippen LogP contribution in [-0.2, 0) is 4.79 Å². The number of hydrogen-bond donors (Lipinski definition) is 2. The van der Waals surface area contributed by atoms with Crippen molar-refractivity contribution in [2.45, 2.75) is 32.7 Å². The van der Waals surface area contributed by atoms with Gasteiger partial charge in [0.2, 0.25) is 0 Å². The van der Waals surface area contributed by atoms with E-state index < -0.39 is 0 Å². The van der Waals surface area contributed by atoms with Gasteiger partial charge in [0.1, 0.15) is 6.29 Å². The first-order chi connectivity index (χ1) is 4.70. The number of nitrogens with one attached hydrogen (secondary N) is 2. The minimum Gasteiger partial charge on any atom is -0.371 e. The molecule has 0 aromatic heterocycles. The highest BCUT2D eigenvalue weighted by molar-refractivity contribution is 5.79. The van der Waals surface area contributed by atoms with Gasteiger partial charge in [-0.25, -0.2) is 0 Å². The molecule has 58 valence electrons. The summed E-state index contributed by atoms with van der Waals surface area (Å²) in [6.45, 7) is 3.79. The van der Waals surface area contributed by atoms with E-state index in [4.69, 9.17) is 5.41 Å². The van der Waals surface area contributed by atoms with E-state index in [1.807, 2.05) is 13.8 Å². The molecule has 0 spiro atoms. The van der Waals surface area contributed by atoms with Crippen molar-refractivity contribution in [1.29, 1.82) is 5.41 Å². The van der Waals surface area contributed by atoms with E-state index in [0.717, 1.165) is 6.29 Å². The first-order valence-electron chi connectivity index (χ1n) is 3.48. The van der Waals surface area contributed by atoms with E-state index in [0.29, 0.717) is 18.7 Å². The van der Waals surface area contributed by atoms with Crippen LogP contribution in [0.3, 0.4) is 0 Å². The summed E-state index contributed by atoms with van der Waals surface area (Å²) in [5, 5.41) is 10.1. The fourth-order valence-electron chi connectivity index (χ4n) is 0.603. The van der Waals surface area contributed by atoms with E-state index in [-0.39, 0.29) is 6.04 Å². The molecule has 3 heteroatoms. The average molecular weight is 142 g/mol. The van der Waals surface area contributed by atoms with Crippen LogP contribution in [0.25, 0.3) is 0 Å². The summed E-state index contributed by atoms with van der Waals surface area (Å²) in [7, 11) is 0. The van der Waals surface area contributed by atoms with Gasteiger partial charge in [0.15, 0.2) is 0 Å². The van der Waals surface area contributed by atoms with Gasteiger partial charge >= 0.3 is 0 Å². The molecule has 0 aliphatic heterocycles. The summed E-state index contributed by atoms with van der Waals surface area (Å²) >= 11 is 0. The second-order valence-corrected chi connectivity index (χ2v) is 2.28. The zero-order valence-corrected chi connectivity index (χ0v) is 6.48. The van der Waals surface area contributed by atoms with Crippen LogP contribution in [0.1, 0.15) is 26.7 Å². The Labute approximate surface area is 61.3 Å². The molecular formula is C7H14N2O. The number of aldehydes is 1. The Morgan fingerprint density at radius 2 is 2.40 bits per heavy atom. The molecule has 0 aromatic carbocycles. The minimum absolute atomic E-state index is 0.102. The Hall–Kier alpha value is -0.860. The Balaban J connectivity index is 3.46. The molecule has 10 heavy (non-hydrogen) atoms. The summed E-state index contributed by atoms with van der Waals surface area (Å²) in [6, 6.07) is 0.102. The number of rotatable bonds is 4. The summed E-state index contributed by atoms with van der Waals surface area (Å²) in [4.78, 5) is 9.97. The molecule has 0 heterocycles. The normalized spacial score (nSPS) is 12.2. The van der Waals surface area contributed by atoms with Crippen LogP contribution in [0.4, 0.5) is 0 Å². The largest absolute Gasteiger partial charge is 0.371 e. The summed E-state index contributed by atoms with van der Waals surface area (Å²) in [5.74, 6) is 0.495. The zero-order chi connectivity index (χ0) is 7.98. The number of carbonyl (C=O) groups excluding carboxylic acids is 1. The topological polar surface area (TPSA) is 53.0 Å². The molecule has 0 aliphatic rings. The van der Waals surface area contributed by atoms with Crippen LogP contribution < -0.4 is 5.32 Å². The second kappa shape index (κ2) is 4.97. The predicted molar refractivity (Wildman–Crippen MR) is 41.3 cm³/mol. The van der Waals surface area contributed by atoms with Crippen LogP contribution >= 0.6 is 0 Å². The monoisotopic (exact) mass is 142 g/mol. The van der Waals surface area contributed by atoms with E-state index in [1.54, 1.807) is 0 Å². The van der Waals surface area contributed by atoms with E-state index >= 15 is 0 Å². The first kappa shape index (κ1) is 9.14. The van der Waals surface area contributed by atoms with Gasteiger partial charge in [0, 0.05) is 18.9 Å². The Bertz CT molecular complexity index is 123. The van der Waals surface area contributed by atoms with Crippen molar-refractivity contribution in [1.82, 2.24) is 5.32 Å².